The zero-order valence-electron chi connectivity index (χ0n) is 14.3. The molecule has 0 unspecified atom stereocenters. The molecule has 0 atom stereocenters. The van der Waals surface area contributed by atoms with Gasteiger partial charge in [-0.3, -0.25) is 4.90 Å². The molecule has 1 aliphatic rings. The molecule has 1 fully saturated rings. The van der Waals surface area contributed by atoms with E-state index in [1.165, 1.54) is 0 Å². The molecule has 0 radical (unpaired) electrons. The Bertz CT molecular complexity index is 608. The summed E-state index contributed by atoms with van der Waals surface area (Å²) in [5, 5.41) is 0. The lowest BCUT2D eigenvalue weighted by atomic mass is 10.0. The molecule has 0 amide bonds. The van der Waals surface area contributed by atoms with Crippen molar-refractivity contribution in [1.82, 2.24) is 9.62 Å². The van der Waals surface area contributed by atoms with E-state index in [0.717, 1.165) is 50.4 Å². The second kappa shape index (κ2) is 8.24. The molecular weight excluding hydrogens is 312 g/mol. The van der Waals surface area contributed by atoms with Gasteiger partial charge in [0.15, 0.2) is 0 Å². The molecule has 6 heteroatoms. The fourth-order valence-corrected chi connectivity index (χ4v) is 4.03. The third kappa shape index (κ3) is 5.28. The molecule has 1 heterocycles. The zero-order valence-corrected chi connectivity index (χ0v) is 15.2. The summed E-state index contributed by atoms with van der Waals surface area (Å²) in [4.78, 5) is 2.71. The number of nitrogens with zero attached hydrogens (tertiary/aromatic N) is 1. The van der Waals surface area contributed by atoms with Gasteiger partial charge < -0.3 is 4.74 Å². The highest BCUT2D eigenvalue weighted by molar-refractivity contribution is 7.89. The lowest BCUT2D eigenvalue weighted by molar-refractivity contribution is 0.0376. The Hall–Kier alpha value is -0.950. The van der Waals surface area contributed by atoms with Gasteiger partial charge in [0.05, 0.1) is 18.1 Å². The minimum Gasteiger partial charge on any atom is -0.379 e. The molecule has 1 aromatic rings. The average molecular weight is 340 g/mol. The summed E-state index contributed by atoms with van der Waals surface area (Å²) in [6.45, 7) is 10.7. The van der Waals surface area contributed by atoms with Crippen molar-refractivity contribution in [2.24, 2.45) is 0 Å². The minimum absolute atomic E-state index is 0.311. The van der Waals surface area contributed by atoms with Crippen LogP contribution in [0.5, 0.6) is 0 Å². The van der Waals surface area contributed by atoms with Crippen LogP contribution in [-0.2, 0) is 14.8 Å². The molecule has 0 bridgehead atoms. The van der Waals surface area contributed by atoms with Crippen LogP contribution < -0.4 is 4.72 Å². The van der Waals surface area contributed by atoms with Crippen LogP contribution >= 0.6 is 0 Å². The number of sulfonamides is 1. The van der Waals surface area contributed by atoms with E-state index >= 15 is 0 Å². The molecule has 0 saturated carbocycles. The van der Waals surface area contributed by atoms with Gasteiger partial charge in [-0.05, 0) is 43.0 Å². The molecule has 0 aromatic heterocycles. The van der Waals surface area contributed by atoms with Crippen LogP contribution in [0.4, 0.5) is 0 Å². The van der Waals surface area contributed by atoms with Crippen LogP contribution in [0.15, 0.2) is 23.1 Å². The largest absolute Gasteiger partial charge is 0.379 e. The van der Waals surface area contributed by atoms with Crippen LogP contribution in [0.1, 0.15) is 37.3 Å². The van der Waals surface area contributed by atoms with Crippen molar-refractivity contribution >= 4 is 10.0 Å². The van der Waals surface area contributed by atoms with Gasteiger partial charge in [-0.2, -0.15) is 0 Å². The molecule has 2 rings (SSSR count). The molecule has 0 aliphatic carbocycles. The van der Waals surface area contributed by atoms with E-state index in [4.69, 9.17) is 4.74 Å². The SMILES string of the molecule is Cc1ccc(C(C)C)cc1S(=O)(=O)NCCCN1CCOCC1. The number of nitrogens with one attached hydrogen (secondary N) is 1. The molecular formula is C17H28N2O3S. The predicted octanol–water partition coefficient (Wildman–Crippen LogP) is 2.12. The summed E-state index contributed by atoms with van der Waals surface area (Å²) in [5.41, 5.74) is 1.83. The highest BCUT2D eigenvalue weighted by Crippen LogP contribution is 2.22. The third-order valence-electron chi connectivity index (χ3n) is 4.22. The normalized spacial score (nSPS) is 16.9. The van der Waals surface area contributed by atoms with Gasteiger partial charge in [0, 0.05) is 19.6 Å². The first-order chi connectivity index (χ1) is 10.9. The molecule has 130 valence electrons. The van der Waals surface area contributed by atoms with E-state index in [0.29, 0.717) is 17.4 Å². The van der Waals surface area contributed by atoms with Gasteiger partial charge >= 0.3 is 0 Å². The van der Waals surface area contributed by atoms with Crippen molar-refractivity contribution in [3.8, 4) is 0 Å². The Labute approximate surface area is 140 Å². The fourth-order valence-electron chi connectivity index (χ4n) is 2.68. The van der Waals surface area contributed by atoms with E-state index in [1.54, 1.807) is 6.07 Å². The molecule has 1 aromatic carbocycles. The maximum atomic E-state index is 12.5. The first-order valence-electron chi connectivity index (χ1n) is 8.30. The van der Waals surface area contributed by atoms with Crippen LogP contribution in [0.3, 0.4) is 0 Å². The summed E-state index contributed by atoms with van der Waals surface area (Å²) in [7, 11) is -3.44. The molecule has 23 heavy (non-hydrogen) atoms. The van der Waals surface area contributed by atoms with Crippen LogP contribution in [-0.4, -0.2) is 52.7 Å². The summed E-state index contributed by atoms with van der Waals surface area (Å²) >= 11 is 0. The quantitative estimate of drug-likeness (QED) is 0.773. The fraction of sp³-hybridized carbons (Fsp3) is 0.647. The first-order valence-corrected chi connectivity index (χ1v) is 9.79. The number of hydrogen-bond acceptors (Lipinski definition) is 4. The highest BCUT2D eigenvalue weighted by atomic mass is 32.2. The van der Waals surface area contributed by atoms with Crippen molar-refractivity contribution in [1.29, 1.82) is 0 Å². The Morgan fingerprint density at radius 2 is 1.96 bits per heavy atom. The molecule has 5 nitrogen and oxygen atoms in total. The lowest BCUT2D eigenvalue weighted by Crippen LogP contribution is -2.38. The maximum Gasteiger partial charge on any atom is 0.240 e. The maximum absolute atomic E-state index is 12.5. The molecule has 0 spiro atoms. The molecule has 1 saturated heterocycles. The van der Waals surface area contributed by atoms with E-state index in [1.807, 2.05) is 19.1 Å². The number of aryl methyl sites for hydroxylation is 1. The summed E-state index contributed by atoms with van der Waals surface area (Å²) in [5.74, 6) is 0.311. The van der Waals surface area contributed by atoms with Crippen molar-refractivity contribution in [3.63, 3.8) is 0 Å². The van der Waals surface area contributed by atoms with Crippen molar-refractivity contribution in [3.05, 3.63) is 29.3 Å². The van der Waals surface area contributed by atoms with E-state index < -0.39 is 10.0 Å². The zero-order chi connectivity index (χ0) is 16.9. The summed E-state index contributed by atoms with van der Waals surface area (Å²) in [6.07, 6.45) is 0.808. The van der Waals surface area contributed by atoms with E-state index in [-0.39, 0.29) is 0 Å². The average Bonchev–Trinajstić information content (AvgIpc) is 2.52. The lowest BCUT2D eigenvalue weighted by Gasteiger charge is -2.26. The first kappa shape index (κ1) is 18.4. The Balaban J connectivity index is 1.92. The number of ether oxygens (including phenoxy) is 1. The summed E-state index contributed by atoms with van der Waals surface area (Å²) in [6, 6.07) is 5.68. The molecule has 1 N–H and O–H groups in total. The van der Waals surface area contributed by atoms with Crippen LogP contribution in [0, 0.1) is 6.92 Å². The number of benzene rings is 1. The van der Waals surface area contributed by atoms with Gasteiger partial charge in [-0.15, -0.1) is 0 Å². The third-order valence-corrected chi connectivity index (χ3v) is 5.82. The number of hydrogen-bond donors (Lipinski definition) is 1. The van der Waals surface area contributed by atoms with Gasteiger partial charge in [0.1, 0.15) is 0 Å². The van der Waals surface area contributed by atoms with Crippen molar-refractivity contribution in [2.75, 3.05) is 39.4 Å². The standard InChI is InChI=1S/C17H28N2O3S/c1-14(2)16-6-5-15(3)17(13-16)23(20,21)18-7-4-8-19-9-11-22-12-10-19/h5-6,13-14,18H,4,7-12H2,1-3H3. The Morgan fingerprint density at radius 3 is 2.61 bits per heavy atom. The predicted molar refractivity (Wildman–Crippen MR) is 92.3 cm³/mol. The van der Waals surface area contributed by atoms with Gasteiger partial charge in [0.25, 0.3) is 0 Å². The van der Waals surface area contributed by atoms with Crippen LogP contribution in [0.2, 0.25) is 0 Å². The highest BCUT2D eigenvalue weighted by Gasteiger charge is 2.18. The Kier molecular flexibility index (Phi) is 6.59. The van der Waals surface area contributed by atoms with Crippen LogP contribution in [0.25, 0.3) is 0 Å². The van der Waals surface area contributed by atoms with Gasteiger partial charge in [0.2, 0.25) is 10.0 Å². The van der Waals surface area contributed by atoms with Gasteiger partial charge in [-0.1, -0.05) is 26.0 Å². The van der Waals surface area contributed by atoms with E-state index in [2.05, 4.69) is 23.5 Å². The second-order valence-electron chi connectivity index (χ2n) is 6.38. The van der Waals surface area contributed by atoms with E-state index in [9.17, 15) is 8.42 Å². The monoisotopic (exact) mass is 340 g/mol. The Morgan fingerprint density at radius 1 is 1.26 bits per heavy atom. The number of morpholine rings is 1. The molecule has 1 aliphatic heterocycles. The van der Waals surface area contributed by atoms with Crippen molar-refractivity contribution in [2.45, 2.75) is 38.0 Å². The second-order valence-corrected chi connectivity index (χ2v) is 8.12. The minimum atomic E-state index is -3.44. The topological polar surface area (TPSA) is 58.6 Å². The smallest absolute Gasteiger partial charge is 0.240 e. The van der Waals surface area contributed by atoms with Crippen molar-refractivity contribution < 1.29 is 13.2 Å². The van der Waals surface area contributed by atoms with Gasteiger partial charge in [-0.25, -0.2) is 13.1 Å². The number of rotatable bonds is 7. The summed E-state index contributed by atoms with van der Waals surface area (Å²) < 4.78 is 33.1.